The first-order chi connectivity index (χ1) is 10.7. The Balaban J connectivity index is 1.41. The summed E-state index contributed by atoms with van der Waals surface area (Å²) in [5.41, 5.74) is 6.46. The molecule has 2 aliphatic rings. The fourth-order valence-corrected chi connectivity index (χ4v) is 3.34. The van der Waals surface area contributed by atoms with Crippen LogP contribution in [0.3, 0.4) is 0 Å². The second kappa shape index (κ2) is 7.11. The molecule has 0 unspecified atom stereocenters. The van der Waals surface area contributed by atoms with Crippen LogP contribution in [0.25, 0.3) is 0 Å². The molecule has 0 atom stereocenters. The molecule has 2 heterocycles. The zero-order chi connectivity index (χ0) is 15.4. The number of ether oxygens (including phenoxy) is 1. The van der Waals surface area contributed by atoms with Gasteiger partial charge in [0.05, 0.1) is 11.9 Å². The molecule has 1 saturated heterocycles. The molecule has 1 aromatic rings. The molecule has 0 radical (unpaired) electrons. The van der Waals surface area contributed by atoms with Crippen LogP contribution in [0.5, 0.6) is 0 Å². The van der Waals surface area contributed by atoms with E-state index in [1.165, 1.54) is 6.20 Å². The first-order valence-corrected chi connectivity index (χ1v) is 8.16. The van der Waals surface area contributed by atoms with E-state index in [-0.39, 0.29) is 11.9 Å². The Bertz CT molecular complexity index is 490. The van der Waals surface area contributed by atoms with E-state index in [1.54, 1.807) is 0 Å². The van der Waals surface area contributed by atoms with E-state index in [4.69, 9.17) is 10.5 Å². The number of nitrogens with one attached hydrogen (secondary N) is 3. The van der Waals surface area contributed by atoms with Crippen LogP contribution in [0.15, 0.2) is 6.20 Å². The lowest BCUT2D eigenvalue weighted by atomic mass is 9.90. The summed E-state index contributed by atoms with van der Waals surface area (Å²) >= 11 is 0. The number of hydrogen-bond donors (Lipinski definition) is 4. The predicted octanol–water partition coefficient (Wildman–Crippen LogP) is 0.801. The molecule has 2 fully saturated rings. The number of nitrogens with two attached hydrogens (primary N) is 1. The Hall–Kier alpha value is -1.60. The molecule has 3 rings (SSSR count). The number of rotatable bonds is 4. The van der Waals surface area contributed by atoms with Gasteiger partial charge >= 0.3 is 0 Å². The van der Waals surface area contributed by atoms with Crippen molar-refractivity contribution in [1.82, 2.24) is 20.8 Å². The van der Waals surface area contributed by atoms with Crippen LogP contribution in [0.4, 0.5) is 5.69 Å². The lowest BCUT2D eigenvalue weighted by Crippen LogP contribution is -2.46. The van der Waals surface area contributed by atoms with Crippen molar-refractivity contribution in [3.8, 4) is 0 Å². The van der Waals surface area contributed by atoms with Crippen LogP contribution >= 0.6 is 0 Å². The smallest absolute Gasteiger partial charge is 0.271 e. The molecule has 1 saturated carbocycles. The number of amides is 1. The zero-order valence-electron chi connectivity index (χ0n) is 12.8. The van der Waals surface area contributed by atoms with Crippen molar-refractivity contribution in [2.45, 2.75) is 56.7 Å². The Labute approximate surface area is 130 Å². The zero-order valence-corrected chi connectivity index (χ0v) is 12.8. The topological polar surface area (TPSA) is 105 Å². The summed E-state index contributed by atoms with van der Waals surface area (Å²) in [6.45, 7) is 1.74. The molecule has 7 heteroatoms. The van der Waals surface area contributed by atoms with Crippen molar-refractivity contribution in [1.29, 1.82) is 0 Å². The van der Waals surface area contributed by atoms with E-state index >= 15 is 0 Å². The Kier molecular flexibility index (Phi) is 4.94. The van der Waals surface area contributed by atoms with Gasteiger partial charge in [0.2, 0.25) is 0 Å². The summed E-state index contributed by atoms with van der Waals surface area (Å²) in [6, 6.07) is 1.38. The Morgan fingerprint density at radius 1 is 1.14 bits per heavy atom. The maximum absolute atomic E-state index is 12.1. The first-order valence-electron chi connectivity index (χ1n) is 8.16. The minimum absolute atomic E-state index is 0.157. The van der Waals surface area contributed by atoms with E-state index in [0.717, 1.165) is 51.7 Å². The van der Waals surface area contributed by atoms with Crippen molar-refractivity contribution < 1.29 is 9.53 Å². The number of hydrogen-bond acceptors (Lipinski definition) is 5. The third kappa shape index (κ3) is 3.78. The van der Waals surface area contributed by atoms with E-state index in [9.17, 15) is 4.79 Å². The summed E-state index contributed by atoms with van der Waals surface area (Å²) in [5.74, 6) is -0.157. The lowest BCUT2D eigenvalue weighted by Gasteiger charge is -2.33. The molecule has 1 amide bonds. The van der Waals surface area contributed by atoms with Crippen LogP contribution in [-0.4, -0.2) is 47.4 Å². The van der Waals surface area contributed by atoms with Gasteiger partial charge in [0.25, 0.3) is 5.91 Å². The number of aromatic nitrogens is 2. The number of aromatic amines is 1. The van der Waals surface area contributed by atoms with Gasteiger partial charge < -0.3 is 21.1 Å². The molecular formula is C15H25N5O2. The average Bonchev–Trinajstić information content (AvgIpc) is 2.96. The normalized spacial score (nSPS) is 26.7. The van der Waals surface area contributed by atoms with Gasteiger partial charge in [-0.15, -0.1) is 0 Å². The van der Waals surface area contributed by atoms with Gasteiger partial charge in [-0.2, -0.15) is 5.10 Å². The number of H-pyrrole nitrogens is 1. The summed E-state index contributed by atoms with van der Waals surface area (Å²) in [4.78, 5) is 12.1. The highest BCUT2D eigenvalue weighted by Gasteiger charge is 2.25. The monoisotopic (exact) mass is 307 g/mol. The van der Waals surface area contributed by atoms with Crippen LogP contribution in [0, 0.1) is 0 Å². The van der Waals surface area contributed by atoms with Gasteiger partial charge in [-0.05, 0) is 38.5 Å². The number of carbonyl (C=O) groups is 1. The van der Waals surface area contributed by atoms with Crippen molar-refractivity contribution >= 4 is 11.6 Å². The average molecular weight is 307 g/mol. The van der Waals surface area contributed by atoms with E-state index in [0.29, 0.717) is 23.5 Å². The largest absolute Gasteiger partial charge is 0.396 e. The van der Waals surface area contributed by atoms with Crippen LogP contribution in [0.2, 0.25) is 0 Å². The standard InChI is InChI=1S/C15H25N5O2/c16-13-9-17-20-14(13)15(21)19-11-3-1-10(2-4-11)18-12-5-7-22-8-6-12/h9-12,18H,1-8,16H2,(H,17,20)(H,19,21). The molecule has 22 heavy (non-hydrogen) atoms. The lowest BCUT2D eigenvalue weighted by molar-refractivity contribution is 0.0722. The molecule has 1 aliphatic heterocycles. The molecule has 0 spiro atoms. The second-order valence-electron chi connectivity index (χ2n) is 6.28. The van der Waals surface area contributed by atoms with E-state index in [2.05, 4.69) is 20.8 Å². The van der Waals surface area contributed by atoms with Gasteiger partial charge in [-0.25, -0.2) is 0 Å². The summed E-state index contributed by atoms with van der Waals surface area (Å²) < 4.78 is 5.39. The highest BCUT2D eigenvalue weighted by Crippen LogP contribution is 2.21. The fraction of sp³-hybridized carbons (Fsp3) is 0.733. The van der Waals surface area contributed by atoms with Gasteiger partial charge in [0.1, 0.15) is 5.69 Å². The predicted molar refractivity (Wildman–Crippen MR) is 83.5 cm³/mol. The third-order valence-electron chi connectivity index (χ3n) is 4.65. The molecule has 1 aliphatic carbocycles. The summed E-state index contributed by atoms with van der Waals surface area (Å²) in [6.07, 6.45) is 7.87. The second-order valence-corrected chi connectivity index (χ2v) is 6.28. The van der Waals surface area contributed by atoms with Crippen molar-refractivity contribution in [3.05, 3.63) is 11.9 Å². The molecule has 0 bridgehead atoms. The van der Waals surface area contributed by atoms with Crippen LogP contribution in [0.1, 0.15) is 49.0 Å². The van der Waals surface area contributed by atoms with E-state index < -0.39 is 0 Å². The maximum atomic E-state index is 12.1. The SMILES string of the molecule is Nc1cn[nH]c1C(=O)NC1CCC(NC2CCOCC2)CC1. The Morgan fingerprint density at radius 2 is 1.77 bits per heavy atom. The van der Waals surface area contributed by atoms with Crippen molar-refractivity contribution in [2.24, 2.45) is 0 Å². The summed E-state index contributed by atoms with van der Waals surface area (Å²) in [7, 11) is 0. The van der Waals surface area contributed by atoms with Gasteiger partial charge in [0.15, 0.2) is 0 Å². The summed E-state index contributed by atoms with van der Waals surface area (Å²) in [5, 5.41) is 13.2. The van der Waals surface area contributed by atoms with Crippen molar-refractivity contribution in [3.63, 3.8) is 0 Å². The molecule has 0 aromatic carbocycles. The first kappa shape index (κ1) is 15.3. The number of nitrogens with zero attached hydrogens (tertiary/aromatic N) is 1. The molecule has 5 N–H and O–H groups in total. The number of carbonyl (C=O) groups excluding carboxylic acids is 1. The number of anilines is 1. The Morgan fingerprint density at radius 3 is 2.41 bits per heavy atom. The van der Waals surface area contributed by atoms with Crippen LogP contribution < -0.4 is 16.4 Å². The minimum atomic E-state index is -0.157. The maximum Gasteiger partial charge on any atom is 0.271 e. The molecule has 7 nitrogen and oxygen atoms in total. The molecule has 1 aromatic heterocycles. The van der Waals surface area contributed by atoms with Gasteiger partial charge in [-0.3, -0.25) is 9.89 Å². The highest BCUT2D eigenvalue weighted by molar-refractivity contribution is 5.97. The van der Waals surface area contributed by atoms with Crippen molar-refractivity contribution in [2.75, 3.05) is 18.9 Å². The molecule has 122 valence electrons. The fourth-order valence-electron chi connectivity index (χ4n) is 3.34. The van der Waals surface area contributed by atoms with Crippen LogP contribution in [-0.2, 0) is 4.74 Å². The molecular weight excluding hydrogens is 282 g/mol. The quantitative estimate of drug-likeness (QED) is 0.658. The minimum Gasteiger partial charge on any atom is -0.396 e. The van der Waals surface area contributed by atoms with E-state index in [1.807, 2.05) is 0 Å². The van der Waals surface area contributed by atoms with Gasteiger partial charge in [-0.1, -0.05) is 0 Å². The highest BCUT2D eigenvalue weighted by atomic mass is 16.5. The number of nitrogen functional groups attached to an aromatic ring is 1. The third-order valence-corrected chi connectivity index (χ3v) is 4.65. The van der Waals surface area contributed by atoms with Gasteiger partial charge in [0, 0.05) is 31.3 Å².